The summed E-state index contributed by atoms with van der Waals surface area (Å²) in [4.78, 5) is 64.3. The maximum absolute atomic E-state index is 13.0. The standard InChI is InChI=1S/C42H30N4O6S2/c47-37-31-17-5-6-18-32(31)38(48)45(37)23-25-51-41(43-35-21-9-13-27-11-1-3-15-29(27)35)53-54-42(44-36-22-10-14-28-12-2-4-16-30(28)36)52-26-24-46-39(49)33-19-7-8-20-34(33)40(46)50/h1-22H,23-26H2. The van der Waals surface area contributed by atoms with Crippen molar-refractivity contribution in [2.45, 2.75) is 0 Å². The number of rotatable bonds is 8. The fourth-order valence-corrected chi connectivity index (χ4v) is 7.98. The van der Waals surface area contributed by atoms with Gasteiger partial charge in [0, 0.05) is 32.4 Å². The highest BCUT2D eigenvalue weighted by atomic mass is 33.1. The van der Waals surface area contributed by atoms with E-state index in [1.54, 1.807) is 48.5 Å². The fraction of sp³-hybridized carbons (Fsp3) is 0.0952. The van der Waals surface area contributed by atoms with Crippen molar-refractivity contribution in [3.8, 4) is 0 Å². The summed E-state index contributed by atoms with van der Waals surface area (Å²) in [6.45, 7) is -0.00220. The van der Waals surface area contributed by atoms with Gasteiger partial charge in [0.1, 0.15) is 13.2 Å². The van der Waals surface area contributed by atoms with E-state index >= 15 is 0 Å². The van der Waals surface area contributed by atoms with Gasteiger partial charge in [-0.05, 0) is 47.2 Å². The summed E-state index contributed by atoms with van der Waals surface area (Å²) in [5, 5.41) is 4.29. The predicted molar refractivity (Wildman–Crippen MR) is 213 cm³/mol. The third kappa shape index (κ3) is 6.96. The molecule has 6 aromatic carbocycles. The molecule has 0 aromatic heterocycles. The Morgan fingerprint density at radius 3 is 1.17 bits per heavy atom. The van der Waals surface area contributed by atoms with Crippen LogP contribution in [0.15, 0.2) is 143 Å². The smallest absolute Gasteiger partial charge is 0.262 e. The molecule has 0 atom stereocenters. The van der Waals surface area contributed by atoms with Crippen LogP contribution in [0.4, 0.5) is 11.4 Å². The summed E-state index contributed by atoms with van der Waals surface area (Å²) in [6, 6.07) is 40.8. The molecule has 10 nitrogen and oxygen atoms in total. The van der Waals surface area contributed by atoms with Crippen molar-refractivity contribution in [1.82, 2.24) is 9.80 Å². The van der Waals surface area contributed by atoms with E-state index in [2.05, 4.69) is 0 Å². The monoisotopic (exact) mass is 750 g/mol. The Morgan fingerprint density at radius 1 is 0.444 bits per heavy atom. The number of hydrogen-bond acceptors (Lipinski definition) is 10. The summed E-state index contributed by atoms with van der Waals surface area (Å²) in [6.07, 6.45) is 0. The Kier molecular flexibility index (Phi) is 9.93. The second kappa shape index (κ2) is 15.4. The lowest BCUT2D eigenvalue weighted by molar-refractivity contribution is 0.0615. The second-order valence-electron chi connectivity index (χ2n) is 12.2. The van der Waals surface area contributed by atoms with E-state index in [0.29, 0.717) is 33.6 Å². The molecule has 6 aromatic rings. The van der Waals surface area contributed by atoms with Gasteiger partial charge >= 0.3 is 0 Å². The van der Waals surface area contributed by atoms with Crippen LogP contribution >= 0.6 is 21.6 Å². The van der Waals surface area contributed by atoms with Gasteiger partial charge in [-0.1, -0.05) is 97.1 Å². The van der Waals surface area contributed by atoms with Crippen molar-refractivity contribution in [2.75, 3.05) is 26.3 Å². The quantitative estimate of drug-likeness (QED) is 0.0657. The second-order valence-corrected chi connectivity index (χ2v) is 14.3. The summed E-state index contributed by atoms with van der Waals surface area (Å²) in [5.41, 5.74) is 2.79. The number of aliphatic imine (C=N–C) groups is 2. The number of nitrogens with zero attached hydrogens (tertiary/aromatic N) is 4. The largest absolute Gasteiger partial charge is 0.470 e. The lowest BCUT2D eigenvalue weighted by atomic mass is 10.1. The third-order valence-electron chi connectivity index (χ3n) is 8.98. The molecule has 12 heteroatoms. The van der Waals surface area contributed by atoms with E-state index in [-0.39, 0.29) is 60.4 Å². The van der Waals surface area contributed by atoms with Gasteiger partial charge in [-0.2, -0.15) is 0 Å². The third-order valence-corrected chi connectivity index (χ3v) is 10.9. The van der Waals surface area contributed by atoms with Gasteiger partial charge in [-0.25, -0.2) is 9.98 Å². The van der Waals surface area contributed by atoms with Crippen LogP contribution in [0.3, 0.4) is 0 Å². The zero-order chi connectivity index (χ0) is 37.0. The van der Waals surface area contributed by atoms with Crippen molar-refractivity contribution in [3.63, 3.8) is 0 Å². The van der Waals surface area contributed by atoms with Gasteiger partial charge in [0.15, 0.2) is 0 Å². The number of benzene rings is 6. The summed E-state index contributed by atoms with van der Waals surface area (Å²) in [7, 11) is 2.31. The Bertz CT molecular complexity index is 2280. The van der Waals surface area contributed by atoms with E-state index in [1.165, 1.54) is 9.80 Å². The maximum Gasteiger partial charge on any atom is 0.262 e. The highest BCUT2D eigenvalue weighted by Gasteiger charge is 2.36. The van der Waals surface area contributed by atoms with Crippen LogP contribution in [0.5, 0.6) is 0 Å². The first-order valence-corrected chi connectivity index (χ1v) is 19.2. The number of amides is 4. The topological polar surface area (TPSA) is 118 Å². The molecule has 2 heterocycles. The van der Waals surface area contributed by atoms with Gasteiger partial charge in [0.25, 0.3) is 34.1 Å². The molecule has 0 N–H and O–H groups in total. The van der Waals surface area contributed by atoms with Crippen molar-refractivity contribution in [1.29, 1.82) is 0 Å². The molecule has 266 valence electrons. The maximum atomic E-state index is 13.0. The number of ether oxygens (including phenoxy) is 2. The molecule has 0 saturated carbocycles. The zero-order valence-electron chi connectivity index (χ0n) is 28.6. The van der Waals surface area contributed by atoms with Gasteiger partial charge in [0.05, 0.1) is 46.7 Å². The van der Waals surface area contributed by atoms with Crippen molar-refractivity contribution >= 4 is 88.6 Å². The minimum absolute atomic E-state index is 0.0138. The summed E-state index contributed by atoms with van der Waals surface area (Å²) < 4.78 is 12.4. The van der Waals surface area contributed by atoms with E-state index in [9.17, 15) is 19.2 Å². The predicted octanol–water partition coefficient (Wildman–Crippen LogP) is 8.68. The summed E-state index contributed by atoms with van der Waals surface area (Å²) >= 11 is 0. The van der Waals surface area contributed by atoms with Gasteiger partial charge in [0.2, 0.25) is 0 Å². The van der Waals surface area contributed by atoms with Crippen molar-refractivity contribution < 1.29 is 28.7 Å². The fourth-order valence-electron chi connectivity index (χ4n) is 6.36. The molecule has 0 aliphatic carbocycles. The summed E-state index contributed by atoms with van der Waals surface area (Å²) in [5.74, 6) is -1.48. The lowest BCUT2D eigenvalue weighted by Crippen LogP contribution is -2.33. The van der Waals surface area contributed by atoms with E-state index in [1.807, 2.05) is 84.9 Å². The van der Waals surface area contributed by atoms with Crippen LogP contribution in [0.2, 0.25) is 0 Å². The van der Waals surface area contributed by atoms with Gasteiger partial charge in [-0.3, -0.25) is 29.0 Å². The molecule has 0 unspecified atom stereocenters. The molecular formula is C42H30N4O6S2. The number of imide groups is 2. The van der Waals surface area contributed by atoms with Crippen LogP contribution < -0.4 is 0 Å². The lowest BCUT2D eigenvalue weighted by Gasteiger charge is -2.16. The Morgan fingerprint density at radius 2 is 0.778 bits per heavy atom. The minimum atomic E-state index is -0.371. The molecule has 4 amide bonds. The van der Waals surface area contributed by atoms with Crippen LogP contribution in [-0.4, -0.2) is 70.2 Å². The van der Waals surface area contributed by atoms with Crippen LogP contribution in [0.25, 0.3) is 21.5 Å². The Hall–Kier alpha value is -6.24. The average Bonchev–Trinajstić information content (AvgIpc) is 3.60. The van der Waals surface area contributed by atoms with Crippen molar-refractivity contribution in [3.05, 3.63) is 156 Å². The van der Waals surface area contributed by atoms with Crippen LogP contribution in [0.1, 0.15) is 41.4 Å². The highest BCUT2D eigenvalue weighted by Crippen LogP contribution is 2.34. The number of carbonyl (C=O) groups is 4. The molecule has 0 saturated heterocycles. The molecule has 2 aliphatic rings. The van der Waals surface area contributed by atoms with Gasteiger partial charge in [-0.15, -0.1) is 0 Å². The van der Waals surface area contributed by atoms with E-state index in [0.717, 1.165) is 43.1 Å². The number of hydrogen-bond donors (Lipinski definition) is 0. The van der Waals surface area contributed by atoms with Gasteiger partial charge < -0.3 is 9.47 Å². The van der Waals surface area contributed by atoms with Crippen molar-refractivity contribution in [2.24, 2.45) is 9.98 Å². The van der Waals surface area contributed by atoms with Crippen LogP contribution in [0, 0.1) is 0 Å². The molecule has 0 radical (unpaired) electrons. The molecule has 54 heavy (non-hydrogen) atoms. The molecular weight excluding hydrogens is 721 g/mol. The minimum Gasteiger partial charge on any atom is -0.470 e. The number of fused-ring (bicyclic) bond motifs is 4. The zero-order valence-corrected chi connectivity index (χ0v) is 30.2. The van der Waals surface area contributed by atoms with E-state index < -0.39 is 0 Å². The SMILES string of the molecule is O=C1c2ccccc2C(=O)N1CCOC(=Nc1cccc2ccccc12)SSC(=Nc1cccc2ccccc12)OCCN1C(=O)c2ccccc2C1=O. The molecule has 2 aliphatic heterocycles. The number of carbonyl (C=O) groups excluding carboxylic acids is 4. The first kappa shape index (κ1) is 34.8. The normalized spacial score (nSPS) is 14.3. The first-order valence-electron chi connectivity index (χ1n) is 17.1. The van der Waals surface area contributed by atoms with Crippen LogP contribution in [-0.2, 0) is 9.47 Å². The van der Waals surface area contributed by atoms with E-state index in [4.69, 9.17) is 19.5 Å². The molecule has 0 spiro atoms. The first-order chi connectivity index (χ1) is 26.5. The molecule has 8 rings (SSSR count). The highest BCUT2D eigenvalue weighted by molar-refractivity contribution is 8.87. The Labute approximate surface area is 317 Å². The molecule has 0 bridgehead atoms. The average molecular weight is 751 g/mol. The molecule has 0 fully saturated rings. The Balaban J connectivity index is 1.05.